The number of carbonyl (C=O) groups is 1. The molecule has 0 aliphatic rings. The van der Waals surface area contributed by atoms with Gasteiger partial charge in [0.1, 0.15) is 0 Å². The monoisotopic (exact) mass is 175 g/mol. The molecule has 0 radical (unpaired) electrons. The van der Waals surface area contributed by atoms with Crippen LogP contribution in [0.15, 0.2) is 0 Å². The fourth-order valence-corrected chi connectivity index (χ4v) is 1.28. The molecule has 0 bridgehead atoms. The number of carbonyl (C=O) groups excluding carboxylic acids is 1. The summed E-state index contributed by atoms with van der Waals surface area (Å²) in [6.45, 7) is 6.25. The maximum Gasteiger partial charge on any atom is 0.205 e. The Hall–Kier alpha value is -0.0200. The third-order valence-electron chi connectivity index (χ3n) is 1.34. The zero-order valence-electron chi connectivity index (χ0n) is 7.68. The van der Waals surface area contributed by atoms with Crippen molar-refractivity contribution in [2.24, 2.45) is 11.1 Å². The molecule has 11 heavy (non-hydrogen) atoms. The standard InChI is InChI=1S/C8H17NOS/c1-8(2,3)5-6(9)7(10)11-4/h6H,5,9H2,1-4H3. The minimum Gasteiger partial charge on any atom is -0.321 e. The lowest BCUT2D eigenvalue weighted by Gasteiger charge is -2.21. The van der Waals surface area contributed by atoms with E-state index in [0.717, 1.165) is 6.42 Å². The molecule has 0 saturated heterocycles. The molecule has 0 rings (SSSR count). The average Bonchev–Trinajstić information content (AvgIpc) is 1.82. The summed E-state index contributed by atoms with van der Waals surface area (Å²) in [6, 6.07) is -0.301. The number of hydrogen-bond donors (Lipinski definition) is 1. The highest BCUT2D eigenvalue weighted by atomic mass is 32.2. The van der Waals surface area contributed by atoms with Crippen LogP contribution >= 0.6 is 11.8 Å². The fraction of sp³-hybridized carbons (Fsp3) is 0.875. The molecule has 0 amide bonds. The van der Waals surface area contributed by atoms with E-state index in [9.17, 15) is 4.79 Å². The molecule has 0 saturated carbocycles. The number of thioether (sulfide) groups is 1. The fourth-order valence-electron chi connectivity index (χ4n) is 0.894. The van der Waals surface area contributed by atoms with Crippen molar-refractivity contribution < 1.29 is 4.79 Å². The Labute approximate surface area is 72.9 Å². The summed E-state index contributed by atoms with van der Waals surface area (Å²) < 4.78 is 0. The van der Waals surface area contributed by atoms with E-state index < -0.39 is 0 Å². The molecule has 0 aromatic carbocycles. The molecular formula is C8H17NOS. The van der Waals surface area contributed by atoms with Crippen molar-refractivity contribution >= 4 is 16.9 Å². The Morgan fingerprint density at radius 1 is 1.55 bits per heavy atom. The minimum atomic E-state index is -0.301. The first-order valence-electron chi connectivity index (χ1n) is 3.70. The van der Waals surface area contributed by atoms with E-state index in [0.29, 0.717) is 0 Å². The van der Waals surface area contributed by atoms with E-state index in [1.54, 1.807) is 6.26 Å². The lowest BCUT2D eigenvalue weighted by molar-refractivity contribution is -0.112. The maximum absolute atomic E-state index is 11.0. The first-order valence-corrected chi connectivity index (χ1v) is 4.93. The lowest BCUT2D eigenvalue weighted by Crippen LogP contribution is -2.32. The van der Waals surface area contributed by atoms with E-state index in [1.807, 2.05) is 0 Å². The Morgan fingerprint density at radius 3 is 2.27 bits per heavy atom. The SMILES string of the molecule is CSC(=O)C(N)CC(C)(C)C. The minimum absolute atomic E-state index is 0.0833. The van der Waals surface area contributed by atoms with Gasteiger partial charge in [0.15, 0.2) is 0 Å². The molecule has 0 aliphatic heterocycles. The highest BCUT2D eigenvalue weighted by molar-refractivity contribution is 8.13. The zero-order chi connectivity index (χ0) is 9.07. The van der Waals surface area contributed by atoms with Gasteiger partial charge in [-0.25, -0.2) is 0 Å². The molecule has 3 heteroatoms. The number of nitrogens with two attached hydrogens (primary N) is 1. The smallest absolute Gasteiger partial charge is 0.205 e. The molecule has 1 unspecified atom stereocenters. The summed E-state index contributed by atoms with van der Waals surface area (Å²) in [4.78, 5) is 11.0. The maximum atomic E-state index is 11.0. The molecule has 2 nitrogen and oxygen atoms in total. The third-order valence-corrected chi connectivity index (χ3v) is 2.04. The molecule has 0 aliphatic carbocycles. The van der Waals surface area contributed by atoms with Gasteiger partial charge in [-0.15, -0.1) is 0 Å². The summed E-state index contributed by atoms with van der Waals surface area (Å²) in [5.74, 6) is 0. The summed E-state index contributed by atoms with van der Waals surface area (Å²) in [6.07, 6.45) is 2.53. The van der Waals surface area contributed by atoms with Crippen molar-refractivity contribution in [3.05, 3.63) is 0 Å². The van der Waals surface area contributed by atoms with E-state index in [1.165, 1.54) is 11.8 Å². The van der Waals surface area contributed by atoms with Crippen molar-refractivity contribution in [2.45, 2.75) is 33.2 Å². The summed E-state index contributed by atoms with van der Waals surface area (Å²) in [5.41, 5.74) is 5.79. The Morgan fingerprint density at radius 2 is 2.00 bits per heavy atom. The summed E-state index contributed by atoms with van der Waals surface area (Å²) >= 11 is 1.21. The van der Waals surface area contributed by atoms with Crippen LogP contribution in [0.25, 0.3) is 0 Å². The second-order valence-corrected chi connectivity index (χ2v) is 4.71. The van der Waals surface area contributed by atoms with Crippen LogP contribution in [0.2, 0.25) is 0 Å². The normalized spacial score (nSPS) is 14.6. The quantitative estimate of drug-likeness (QED) is 0.694. The van der Waals surface area contributed by atoms with Gasteiger partial charge >= 0.3 is 0 Å². The largest absolute Gasteiger partial charge is 0.321 e. The van der Waals surface area contributed by atoms with Crippen LogP contribution in [0.1, 0.15) is 27.2 Å². The van der Waals surface area contributed by atoms with Crippen LogP contribution in [0.3, 0.4) is 0 Å². The second kappa shape index (κ2) is 4.12. The van der Waals surface area contributed by atoms with Gasteiger partial charge < -0.3 is 5.73 Å². The number of hydrogen-bond acceptors (Lipinski definition) is 3. The molecule has 0 aromatic rings. The van der Waals surface area contributed by atoms with Crippen LogP contribution in [0.4, 0.5) is 0 Å². The molecule has 0 heterocycles. The predicted molar refractivity (Wildman–Crippen MR) is 50.6 cm³/mol. The second-order valence-electron chi connectivity index (χ2n) is 3.89. The van der Waals surface area contributed by atoms with Crippen LogP contribution in [0.5, 0.6) is 0 Å². The molecule has 0 spiro atoms. The topological polar surface area (TPSA) is 43.1 Å². The average molecular weight is 175 g/mol. The highest BCUT2D eigenvalue weighted by Crippen LogP contribution is 2.21. The van der Waals surface area contributed by atoms with Crippen LogP contribution in [-0.2, 0) is 4.79 Å². The van der Waals surface area contributed by atoms with E-state index >= 15 is 0 Å². The van der Waals surface area contributed by atoms with Crippen molar-refractivity contribution in [1.82, 2.24) is 0 Å². The van der Waals surface area contributed by atoms with E-state index in [2.05, 4.69) is 20.8 Å². The third kappa shape index (κ3) is 5.27. The Kier molecular flexibility index (Phi) is 4.11. The van der Waals surface area contributed by atoms with E-state index in [4.69, 9.17) is 5.73 Å². The van der Waals surface area contributed by atoms with Crippen molar-refractivity contribution in [3.63, 3.8) is 0 Å². The van der Waals surface area contributed by atoms with Crippen molar-refractivity contribution in [3.8, 4) is 0 Å². The van der Waals surface area contributed by atoms with Crippen LogP contribution in [0, 0.1) is 5.41 Å². The van der Waals surface area contributed by atoms with Crippen molar-refractivity contribution in [1.29, 1.82) is 0 Å². The zero-order valence-corrected chi connectivity index (χ0v) is 8.49. The van der Waals surface area contributed by atoms with Gasteiger partial charge in [-0.05, 0) is 18.1 Å². The van der Waals surface area contributed by atoms with E-state index in [-0.39, 0.29) is 16.6 Å². The highest BCUT2D eigenvalue weighted by Gasteiger charge is 2.20. The molecule has 0 aromatic heterocycles. The first-order chi connectivity index (χ1) is 4.87. The van der Waals surface area contributed by atoms with Gasteiger partial charge in [0.25, 0.3) is 0 Å². The summed E-state index contributed by atoms with van der Waals surface area (Å²) in [5, 5.41) is 0.0833. The Bertz CT molecular complexity index is 140. The predicted octanol–water partition coefficient (Wildman–Crippen LogP) is 1.64. The molecular weight excluding hydrogens is 158 g/mol. The van der Waals surface area contributed by atoms with Gasteiger partial charge in [-0.1, -0.05) is 32.5 Å². The Balaban J connectivity index is 3.87. The van der Waals surface area contributed by atoms with Gasteiger partial charge in [0.2, 0.25) is 5.12 Å². The first kappa shape index (κ1) is 11.0. The van der Waals surface area contributed by atoms with Crippen LogP contribution in [-0.4, -0.2) is 17.4 Å². The number of rotatable bonds is 2. The van der Waals surface area contributed by atoms with Gasteiger partial charge in [0.05, 0.1) is 6.04 Å². The van der Waals surface area contributed by atoms with Gasteiger partial charge in [-0.3, -0.25) is 4.79 Å². The van der Waals surface area contributed by atoms with Crippen LogP contribution < -0.4 is 5.73 Å². The van der Waals surface area contributed by atoms with Crippen molar-refractivity contribution in [2.75, 3.05) is 6.26 Å². The molecule has 0 fully saturated rings. The molecule has 1 atom stereocenters. The lowest BCUT2D eigenvalue weighted by atomic mass is 9.89. The summed E-state index contributed by atoms with van der Waals surface area (Å²) in [7, 11) is 0. The molecule has 66 valence electrons. The van der Waals surface area contributed by atoms with Gasteiger partial charge in [0, 0.05) is 0 Å². The van der Waals surface area contributed by atoms with Gasteiger partial charge in [-0.2, -0.15) is 0 Å². The molecule has 2 N–H and O–H groups in total.